The second-order valence-corrected chi connectivity index (χ2v) is 5.38. The van der Waals surface area contributed by atoms with E-state index in [1.54, 1.807) is 0 Å². The van der Waals surface area contributed by atoms with Gasteiger partial charge in [0, 0.05) is 35.5 Å². The molecule has 10 heavy (non-hydrogen) atoms. The summed E-state index contributed by atoms with van der Waals surface area (Å²) in [7, 11) is 0. The van der Waals surface area contributed by atoms with Crippen LogP contribution >= 0.6 is 0 Å². The molecule has 6 fully saturated rings. The van der Waals surface area contributed by atoms with Gasteiger partial charge in [0.2, 0.25) is 0 Å². The number of quaternary nitrogens is 2. The molecule has 2 nitrogen and oxygen atoms in total. The molecule has 6 aliphatic rings. The van der Waals surface area contributed by atoms with Crippen molar-refractivity contribution in [2.24, 2.45) is 35.5 Å². The van der Waals surface area contributed by atoms with E-state index in [1.165, 1.54) is 0 Å². The van der Waals surface area contributed by atoms with Crippen LogP contribution in [0.1, 0.15) is 0 Å². The van der Waals surface area contributed by atoms with Gasteiger partial charge in [0.15, 0.2) is 0 Å². The summed E-state index contributed by atoms with van der Waals surface area (Å²) in [6, 6.07) is 0. The van der Waals surface area contributed by atoms with E-state index in [9.17, 15) is 0 Å². The first kappa shape index (κ1) is 4.07. The molecule has 0 saturated heterocycles. The molecule has 2 heteroatoms. The fraction of sp³-hybridized carbons (Fsp3) is 1.00. The summed E-state index contributed by atoms with van der Waals surface area (Å²) in [5.74, 6) is 6.44. The van der Waals surface area contributed by atoms with Gasteiger partial charge in [-0.15, -0.1) is 0 Å². The average molecular weight is 136 g/mol. The van der Waals surface area contributed by atoms with Crippen LogP contribution in [0.3, 0.4) is 0 Å². The molecular weight excluding hydrogens is 124 g/mol. The number of rotatable bonds is 0. The molecule has 0 aromatic rings. The zero-order valence-corrected chi connectivity index (χ0v) is 5.88. The van der Waals surface area contributed by atoms with E-state index in [4.69, 9.17) is 0 Å². The molecule has 6 aliphatic carbocycles. The van der Waals surface area contributed by atoms with Crippen LogP contribution in [-0.4, -0.2) is 11.1 Å². The van der Waals surface area contributed by atoms with E-state index in [1.807, 2.05) is 0 Å². The zero-order chi connectivity index (χ0) is 6.46. The first-order valence-electron chi connectivity index (χ1n) is 4.44. The van der Waals surface area contributed by atoms with Gasteiger partial charge in [-0.3, -0.25) is 0 Å². The smallest absolute Gasteiger partial charge is 0.106 e. The number of hydrogen-bond donors (Lipinski definition) is 2. The fourth-order valence-electron chi connectivity index (χ4n) is 5.97. The van der Waals surface area contributed by atoms with Gasteiger partial charge in [-0.1, -0.05) is 0 Å². The van der Waals surface area contributed by atoms with Gasteiger partial charge in [0.1, 0.15) is 11.1 Å². The van der Waals surface area contributed by atoms with Crippen molar-refractivity contribution >= 4 is 0 Å². The van der Waals surface area contributed by atoms with E-state index in [-0.39, 0.29) is 0 Å². The van der Waals surface area contributed by atoms with Crippen LogP contribution in [0.15, 0.2) is 0 Å². The van der Waals surface area contributed by atoms with E-state index in [0.717, 1.165) is 35.5 Å². The summed E-state index contributed by atoms with van der Waals surface area (Å²) < 4.78 is 0. The van der Waals surface area contributed by atoms with Crippen molar-refractivity contribution in [1.29, 1.82) is 0 Å². The summed E-state index contributed by atoms with van der Waals surface area (Å²) >= 11 is 0. The van der Waals surface area contributed by atoms with Crippen molar-refractivity contribution in [3.05, 3.63) is 0 Å². The maximum Gasteiger partial charge on any atom is 0.106 e. The van der Waals surface area contributed by atoms with Gasteiger partial charge in [0.05, 0.1) is 0 Å². The predicted molar refractivity (Wildman–Crippen MR) is 32.2 cm³/mol. The summed E-state index contributed by atoms with van der Waals surface area (Å²) in [4.78, 5) is 0. The van der Waals surface area contributed by atoms with Crippen LogP contribution in [0.2, 0.25) is 0 Å². The Morgan fingerprint density at radius 1 is 0.600 bits per heavy atom. The quantitative estimate of drug-likeness (QED) is 0.377. The molecule has 6 saturated carbocycles. The van der Waals surface area contributed by atoms with Crippen LogP contribution in [0.4, 0.5) is 0 Å². The lowest BCUT2D eigenvalue weighted by Crippen LogP contribution is -3.28. The van der Waals surface area contributed by atoms with E-state index < -0.39 is 0 Å². The standard InChI is InChI=1S/C8H10N2/c9-7-1-2-4(7)6-5(7)3(1)8(2,6)10/h1-6H,9-10H2/p+2. The maximum atomic E-state index is 4.38. The summed E-state index contributed by atoms with van der Waals surface area (Å²) in [6.45, 7) is 0. The lowest BCUT2D eigenvalue weighted by Gasteiger charge is -3.04. The van der Waals surface area contributed by atoms with Crippen LogP contribution in [0.25, 0.3) is 0 Å². The minimum absolute atomic E-state index is 0.652. The van der Waals surface area contributed by atoms with Gasteiger partial charge in [-0.2, -0.15) is 0 Å². The first-order valence-corrected chi connectivity index (χ1v) is 4.44. The highest BCUT2D eigenvalue weighted by atomic mass is 15.3. The molecule has 0 amide bonds. The topological polar surface area (TPSA) is 55.3 Å². The molecular formula is C8H12N2+2. The van der Waals surface area contributed by atoms with Crippen molar-refractivity contribution in [2.75, 3.05) is 0 Å². The third kappa shape index (κ3) is 0.106. The monoisotopic (exact) mass is 136 g/mol. The minimum atomic E-state index is 0.652. The number of hydrogen-bond acceptors (Lipinski definition) is 0. The zero-order valence-electron chi connectivity index (χ0n) is 5.88. The normalized spacial score (nSPS) is 104. The first-order chi connectivity index (χ1) is 4.73. The van der Waals surface area contributed by atoms with Gasteiger partial charge >= 0.3 is 0 Å². The lowest BCUT2D eigenvalue weighted by molar-refractivity contribution is -0.833. The molecule has 0 aromatic heterocycles. The predicted octanol–water partition coefficient (Wildman–Crippen LogP) is -2.29. The Kier molecular flexibility index (Phi) is 0.255. The van der Waals surface area contributed by atoms with Gasteiger partial charge in [0.25, 0.3) is 0 Å². The van der Waals surface area contributed by atoms with Gasteiger partial charge < -0.3 is 11.5 Å². The molecule has 0 bridgehead atoms. The van der Waals surface area contributed by atoms with Crippen molar-refractivity contribution in [1.82, 2.24) is 0 Å². The van der Waals surface area contributed by atoms with Gasteiger partial charge in [-0.25, -0.2) is 0 Å². The van der Waals surface area contributed by atoms with Crippen molar-refractivity contribution < 1.29 is 11.5 Å². The van der Waals surface area contributed by atoms with Crippen LogP contribution in [-0.2, 0) is 0 Å². The lowest BCUT2D eigenvalue weighted by atomic mass is 8.96. The molecule has 6 rings (SSSR count). The highest BCUT2D eigenvalue weighted by molar-refractivity contribution is 5.57. The molecule has 0 aromatic carbocycles. The third-order valence-corrected chi connectivity index (χ3v) is 6.04. The largest absolute Gasteiger partial charge is 0.352 e. The molecule has 0 heterocycles. The van der Waals surface area contributed by atoms with Crippen LogP contribution < -0.4 is 11.5 Å². The Balaban J connectivity index is 1.87. The SMILES string of the molecule is [NH3+]C12C3C4C1C1C2C3C41[NH3+]. The highest BCUT2D eigenvalue weighted by Gasteiger charge is 3.13. The fourth-order valence-corrected chi connectivity index (χ4v) is 5.97. The molecule has 0 atom stereocenters. The van der Waals surface area contributed by atoms with Crippen molar-refractivity contribution in [3.63, 3.8) is 0 Å². The molecule has 0 radical (unpaired) electrons. The molecule has 6 N–H and O–H groups in total. The van der Waals surface area contributed by atoms with Crippen LogP contribution in [0.5, 0.6) is 0 Å². The Labute approximate surface area is 58.9 Å². The van der Waals surface area contributed by atoms with E-state index >= 15 is 0 Å². The molecule has 0 aliphatic heterocycles. The van der Waals surface area contributed by atoms with E-state index in [0.29, 0.717) is 11.1 Å². The van der Waals surface area contributed by atoms with Gasteiger partial charge in [-0.05, 0) is 0 Å². The minimum Gasteiger partial charge on any atom is -0.352 e. The summed E-state index contributed by atoms with van der Waals surface area (Å²) in [6.07, 6.45) is 0. The van der Waals surface area contributed by atoms with E-state index in [2.05, 4.69) is 11.5 Å². The molecule has 0 spiro atoms. The second-order valence-electron chi connectivity index (χ2n) is 5.38. The Hall–Kier alpha value is -0.0800. The summed E-state index contributed by atoms with van der Waals surface area (Å²) in [5.41, 5.74) is 10.1. The molecule has 0 unspecified atom stereocenters. The summed E-state index contributed by atoms with van der Waals surface area (Å²) in [5, 5.41) is 0. The Morgan fingerprint density at radius 3 is 1.00 bits per heavy atom. The van der Waals surface area contributed by atoms with Crippen molar-refractivity contribution in [3.8, 4) is 0 Å². The third-order valence-electron chi connectivity index (χ3n) is 6.04. The average Bonchev–Trinajstić information content (AvgIpc) is 1.99. The Morgan fingerprint density at radius 2 is 0.800 bits per heavy atom. The second kappa shape index (κ2) is 0.625. The maximum absolute atomic E-state index is 4.38. The van der Waals surface area contributed by atoms with Crippen LogP contribution in [0, 0.1) is 35.5 Å². The van der Waals surface area contributed by atoms with Crippen molar-refractivity contribution in [2.45, 2.75) is 11.1 Å². The molecule has 52 valence electrons. The highest BCUT2D eigenvalue weighted by Crippen LogP contribution is 3.00. The Bertz CT molecular complexity index is 212.